The van der Waals surface area contributed by atoms with E-state index in [1.807, 2.05) is 25.1 Å². The summed E-state index contributed by atoms with van der Waals surface area (Å²) in [7, 11) is 0. The molecule has 0 bridgehead atoms. The highest BCUT2D eigenvalue weighted by molar-refractivity contribution is 9.10. The molecule has 3 aromatic rings. The predicted octanol–water partition coefficient (Wildman–Crippen LogP) is 3.42. The van der Waals surface area contributed by atoms with E-state index < -0.39 is 4.92 Å². The minimum atomic E-state index is -0.596. The van der Waals surface area contributed by atoms with Crippen molar-refractivity contribution in [1.82, 2.24) is 14.8 Å². The first-order valence-electron chi connectivity index (χ1n) is 6.89. The minimum Gasteiger partial charge on any atom is -0.358 e. The van der Waals surface area contributed by atoms with Gasteiger partial charge in [0.1, 0.15) is 11.0 Å². The zero-order valence-corrected chi connectivity index (χ0v) is 15.1. The number of aromatic nitrogens is 3. The minimum absolute atomic E-state index is 0.132. The van der Waals surface area contributed by atoms with Crippen molar-refractivity contribution >= 4 is 54.3 Å². The molecule has 0 atom stereocenters. The van der Waals surface area contributed by atoms with E-state index in [4.69, 9.17) is 0 Å². The summed E-state index contributed by atoms with van der Waals surface area (Å²) >= 11 is 4.50. The molecule has 1 N–H and O–H groups in total. The molecule has 0 spiro atoms. The number of anilines is 1. The highest BCUT2D eigenvalue weighted by Crippen LogP contribution is 2.28. The molecule has 0 aliphatic heterocycles. The van der Waals surface area contributed by atoms with Crippen molar-refractivity contribution in [3.63, 3.8) is 0 Å². The fraction of sp³-hybridized carbons (Fsp3) is 0.214. The molecule has 0 aliphatic carbocycles. The molecule has 1 amide bonds. The van der Waals surface area contributed by atoms with Gasteiger partial charge in [-0.2, -0.15) is 4.68 Å². The second-order valence-corrected chi connectivity index (χ2v) is 7.00. The van der Waals surface area contributed by atoms with E-state index in [9.17, 15) is 14.9 Å². The number of nitrogens with one attached hydrogen (secondary N) is 1. The maximum absolute atomic E-state index is 12.2. The van der Waals surface area contributed by atoms with Gasteiger partial charge in [0, 0.05) is 0 Å². The number of nitro groups is 1. The van der Waals surface area contributed by atoms with Gasteiger partial charge in [0.2, 0.25) is 5.91 Å². The molecule has 10 heteroatoms. The Labute approximate surface area is 148 Å². The van der Waals surface area contributed by atoms with E-state index in [2.05, 4.69) is 31.3 Å². The third-order valence-electron chi connectivity index (χ3n) is 3.37. The van der Waals surface area contributed by atoms with E-state index in [0.29, 0.717) is 10.8 Å². The van der Waals surface area contributed by atoms with Crippen molar-refractivity contribution in [1.29, 1.82) is 0 Å². The van der Waals surface area contributed by atoms with Crippen LogP contribution in [0.4, 0.5) is 10.9 Å². The third kappa shape index (κ3) is 3.15. The predicted molar refractivity (Wildman–Crippen MR) is 94.3 cm³/mol. The largest absolute Gasteiger partial charge is 0.404 e. The number of carbonyl (C=O) groups is 1. The highest BCUT2D eigenvalue weighted by Gasteiger charge is 2.24. The first-order valence-corrected chi connectivity index (χ1v) is 8.50. The molecule has 0 unspecified atom stereocenters. The molecule has 0 saturated heterocycles. The lowest BCUT2D eigenvalue weighted by Crippen LogP contribution is -2.20. The van der Waals surface area contributed by atoms with Gasteiger partial charge >= 0.3 is 5.82 Å². The Bertz CT molecular complexity index is 965. The van der Waals surface area contributed by atoms with Crippen LogP contribution in [-0.4, -0.2) is 25.6 Å². The Morgan fingerprint density at radius 3 is 2.88 bits per heavy atom. The van der Waals surface area contributed by atoms with Crippen LogP contribution in [0, 0.1) is 24.0 Å². The number of rotatable bonds is 4. The summed E-state index contributed by atoms with van der Waals surface area (Å²) in [5, 5.41) is 17.9. The van der Waals surface area contributed by atoms with Gasteiger partial charge in [0.15, 0.2) is 5.13 Å². The molecular weight excluding hydrogens is 398 g/mol. The number of hydrogen-bond donors (Lipinski definition) is 1. The van der Waals surface area contributed by atoms with Crippen LogP contribution in [-0.2, 0) is 11.3 Å². The lowest BCUT2D eigenvalue weighted by Gasteiger charge is -2.00. The van der Waals surface area contributed by atoms with Crippen molar-refractivity contribution in [3.05, 3.63) is 44.0 Å². The second-order valence-electron chi connectivity index (χ2n) is 5.18. The number of nitrogens with zero attached hydrogens (tertiary/aromatic N) is 4. The summed E-state index contributed by atoms with van der Waals surface area (Å²) in [6.07, 6.45) is 0. The molecule has 8 nitrogen and oxygen atoms in total. The van der Waals surface area contributed by atoms with Gasteiger partial charge in [-0.3, -0.25) is 4.79 Å². The van der Waals surface area contributed by atoms with E-state index in [-0.39, 0.29) is 22.7 Å². The van der Waals surface area contributed by atoms with Crippen LogP contribution in [0.25, 0.3) is 10.2 Å². The molecule has 124 valence electrons. The van der Waals surface area contributed by atoms with Crippen LogP contribution in [0.1, 0.15) is 11.3 Å². The van der Waals surface area contributed by atoms with Crippen LogP contribution in [0.5, 0.6) is 0 Å². The van der Waals surface area contributed by atoms with E-state index in [1.165, 1.54) is 16.0 Å². The van der Waals surface area contributed by atoms with Crippen LogP contribution >= 0.6 is 27.3 Å². The van der Waals surface area contributed by atoms with Crippen LogP contribution < -0.4 is 5.32 Å². The zero-order valence-electron chi connectivity index (χ0n) is 12.7. The van der Waals surface area contributed by atoms with Crippen LogP contribution in [0.2, 0.25) is 0 Å². The van der Waals surface area contributed by atoms with Crippen LogP contribution in [0.15, 0.2) is 22.7 Å². The number of hydrogen-bond acceptors (Lipinski definition) is 6. The van der Waals surface area contributed by atoms with Gasteiger partial charge in [-0.15, -0.1) is 0 Å². The first-order chi connectivity index (χ1) is 11.3. The quantitative estimate of drug-likeness (QED) is 0.525. The topological polar surface area (TPSA) is 103 Å². The van der Waals surface area contributed by atoms with Gasteiger partial charge in [0.05, 0.1) is 21.0 Å². The lowest BCUT2D eigenvalue weighted by molar-refractivity contribution is -0.390. The fourth-order valence-electron chi connectivity index (χ4n) is 2.16. The Morgan fingerprint density at radius 1 is 1.46 bits per heavy atom. The summed E-state index contributed by atoms with van der Waals surface area (Å²) in [6, 6.07) is 5.85. The van der Waals surface area contributed by atoms with Crippen LogP contribution in [0.3, 0.4) is 0 Å². The Morgan fingerprint density at radius 2 is 2.21 bits per heavy atom. The number of thiazole rings is 1. The molecule has 0 saturated carbocycles. The first kappa shape index (κ1) is 16.5. The Balaban J connectivity index is 1.77. The van der Waals surface area contributed by atoms with E-state index in [0.717, 1.165) is 15.8 Å². The monoisotopic (exact) mass is 409 g/mol. The van der Waals surface area contributed by atoms with Gasteiger partial charge in [-0.25, -0.2) is 4.98 Å². The molecule has 0 fully saturated rings. The number of amides is 1. The molecule has 0 aliphatic rings. The molecule has 3 rings (SSSR count). The van der Waals surface area contributed by atoms with Crippen molar-refractivity contribution in [2.45, 2.75) is 20.4 Å². The fourth-order valence-corrected chi connectivity index (χ4v) is 3.57. The van der Waals surface area contributed by atoms with Gasteiger partial charge in [-0.1, -0.05) is 17.4 Å². The molecule has 2 heterocycles. The summed E-state index contributed by atoms with van der Waals surface area (Å²) < 4.78 is 2.55. The standard InChI is InChI=1S/C14H12BrN5O3S/c1-7-3-4-9-10(5-7)24-14(16-9)17-11(21)6-19-8(2)12(15)13(18-19)20(22)23/h3-5H,6H2,1-2H3,(H,16,17,21). The molecule has 0 radical (unpaired) electrons. The lowest BCUT2D eigenvalue weighted by atomic mass is 10.2. The van der Waals surface area contributed by atoms with Crippen molar-refractivity contribution in [2.75, 3.05) is 5.32 Å². The SMILES string of the molecule is Cc1ccc2nc(NC(=O)Cn3nc([N+](=O)[O-])c(Br)c3C)sc2c1. The maximum Gasteiger partial charge on any atom is 0.404 e. The van der Waals surface area contributed by atoms with Crippen molar-refractivity contribution in [2.24, 2.45) is 0 Å². The molecule has 1 aromatic carbocycles. The van der Waals surface area contributed by atoms with Crippen molar-refractivity contribution < 1.29 is 9.72 Å². The van der Waals surface area contributed by atoms with Gasteiger partial charge in [0.25, 0.3) is 0 Å². The zero-order chi connectivity index (χ0) is 17.4. The number of aryl methyl sites for hydroxylation is 1. The van der Waals surface area contributed by atoms with E-state index in [1.54, 1.807) is 6.92 Å². The summed E-state index contributed by atoms with van der Waals surface area (Å²) in [6.45, 7) is 3.51. The second kappa shape index (κ2) is 6.29. The summed E-state index contributed by atoms with van der Waals surface area (Å²) in [4.78, 5) is 26.8. The average Bonchev–Trinajstić information content (AvgIpc) is 3.02. The molecule has 2 aromatic heterocycles. The van der Waals surface area contributed by atoms with Gasteiger partial charge < -0.3 is 15.4 Å². The third-order valence-corrected chi connectivity index (χ3v) is 5.24. The summed E-state index contributed by atoms with van der Waals surface area (Å²) in [5.74, 6) is -0.658. The van der Waals surface area contributed by atoms with Crippen molar-refractivity contribution in [3.8, 4) is 0 Å². The normalized spacial score (nSPS) is 11.0. The Hall–Kier alpha value is -2.33. The van der Waals surface area contributed by atoms with E-state index >= 15 is 0 Å². The smallest absolute Gasteiger partial charge is 0.358 e. The number of fused-ring (bicyclic) bond motifs is 1. The number of benzene rings is 1. The highest BCUT2D eigenvalue weighted by atomic mass is 79.9. The number of halogens is 1. The summed E-state index contributed by atoms with van der Waals surface area (Å²) in [5.41, 5.74) is 2.44. The maximum atomic E-state index is 12.2. The average molecular weight is 410 g/mol. The van der Waals surface area contributed by atoms with Gasteiger partial charge in [-0.05, 0) is 52.4 Å². The molecular formula is C14H12BrN5O3S. The Kier molecular flexibility index (Phi) is 4.33. The molecule has 24 heavy (non-hydrogen) atoms. The number of carbonyl (C=O) groups excluding carboxylic acids is 1.